The first-order valence-electron chi connectivity index (χ1n) is 3.93. The lowest BCUT2D eigenvalue weighted by Crippen LogP contribution is -2.08. The Morgan fingerprint density at radius 2 is 2.36 bits per heavy atom. The minimum Gasteiger partial charge on any atom is -0.461 e. The average Bonchev–Trinajstić information content (AvgIpc) is 2.17. The molecule has 0 atom stereocenters. The van der Waals surface area contributed by atoms with Crippen LogP contribution in [0.3, 0.4) is 0 Å². The molecule has 0 saturated carbocycles. The monoisotopic (exact) mass is 232 g/mol. The molecule has 0 radical (unpaired) electrons. The molecule has 0 aromatic carbocycles. The van der Waals surface area contributed by atoms with Gasteiger partial charge >= 0.3 is 5.97 Å². The summed E-state index contributed by atoms with van der Waals surface area (Å²) in [5, 5.41) is 0.702. The van der Waals surface area contributed by atoms with Crippen LogP contribution in [0, 0.1) is 0 Å². The van der Waals surface area contributed by atoms with Crippen molar-refractivity contribution >= 4 is 29.3 Å². The molecule has 0 unspecified atom stereocenters. The van der Waals surface area contributed by atoms with Gasteiger partial charge in [-0.25, -0.2) is 14.8 Å². The Kier molecular flexibility index (Phi) is 4.16. The first-order valence-corrected chi connectivity index (χ1v) is 5.53. The van der Waals surface area contributed by atoms with Crippen LogP contribution in [0.1, 0.15) is 17.4 Å². The molecule has 1 aromatic rings. The number of nitrogens with zero attached hydrogens (tertiary/aromatic N) is 2. The van der Waals surface area contributed by atoms with Crippen molar-refractivity contribution in [3.05, 3.63) is 16.9 Å². The number of hydrogen-bond donors (Lipinski definition) is 0. The maximum Gasteiger partial charge on any atom is 0.357 e. The van der Waals surface area contributed by atoms with Gasteiger partial charge in [0.25, 0.3) is 0 Å². The van der Waals surface area contributed by atoms with Gasteiger partial charge in [-0.15, -0.1) is 0 Å². The Labute approximate surface area is 91.0 Å². The van der Waals surface area contributed by atoms with Crippen molar-refractivity contribution < 1.29 is 9.53 Å². The predicted molar refractivity (Wildman–Crippen MR) is 54.8 cm³/mol. The number of halogens is 1. The van der Waals surface area contributed by atoms with E-state index in [1.165, 1.54) is 17.8 Å². The molecular formula is C8H9ClN2O2S. The van der Waals surface area contributed by atoms with Gasteiger partial charge in [0, 0.05) is 6.07 Å². The van der Waals surface area contributed by atoms with Crippen LogP contribution in [0.2, 0.25) is 5.15 Å². The molecule has 0 aliphatic heterocycles. The first-order chi connectivity index (χ1) is 6.67. The van der Waals surface area contributed by atoms with Crippen LogP contribution in [-0.4, -0.2) is 28.8 Å². The lowest BCUT2D eigenvalue weighted by molar-refractivity contribution is 0.0518. The highest BCUT2D eigenvalue weighted by molar-refractivity contribution is 7.98. The van der Waals surface area contributed by atoms with Crippen LogP contribution in [-0.2, 0) is 4.74 Å². The fraction of sp³-hybridized carbons (Fsp3) is 0.375. The fourth-order valence-electron chi connectivity index (χ4n) is 0.798. The smallest absolute Gasteiger partial charge is 0.357 e. The van der Waals surface area contributed by atoms with E-state index in [-0.39, 0.29) is 10.8 Å². The molecule has 0 N–H and O–H groups in total. The van der Waals surface area contributed by atoms with E-state index in [2.05, 4.69) is 9.97 Å². The van der Waals surface area contributed by atoms with E-state index in [4.69, 9.17) is 16.3 Å². The molecule has 0 fully saturated rings. The van der Waals surface area contributed by atoms with E-state index in [9.17, 15) is 4.79 Å². The van der Waals surface area contributed by atoms with Gasteiger partial charge in [-0.3, -0.25) is 0 Å². The lowest BCUT2D eigenvalue weighted by Gasteiger charge is -2.02. The maximum atomic E-state index is 11.3. The van der Waals surface area contributed by atoms with Crippen molar-refractivity contribution in [1.82, 2.24) is 9.97 Å². The van der Waals surface area contributed by atoms with Crippen molar-refractivity contribution in [3.8, 4) is 0 Å². The fourth-order valence-corrected chi connectivity index (χ4v) is 1.41. The van der Waals surface area contributed by atoms with Crippen LogP contribution >= 0.6 is 23.4 Å². The van der Waals surface area contributed by atoms with E-state index in [1.807, 2.05) is 0 Å². The summed E-state index contributed by atoms with van der Waals surface area (Å²) < 4.78 is 4.79. The summed E-state index contributed by atoms with van der Waals surface area (Å²) in [4.78, 5) is 19.2. The Morgan fingerprint density at radius 1 is 1.64 bits per heavy atom. The molecule has 6 heteroatoms. The zero-order valence-electron chi connectivity index (χ0n) is 7.78. The summed E-state index contributed by atoms with van der Waals surface area (Å²) in [6.07, 6.45) is 1.81. The molecule has 0 aliphatic carbocycles. The summed E-state index contributed by atoms with van der Waals surface area (Å²) in [6, 6.07) is 1.39. The highest BCUT2D eigenvalue weighted by atomic mass is 35.5. The molecule has 1 aromatic heterocycles. The van der Waals surface area contributed by atoms with E-state index in [1.54, 1.807) is 13.2 Å². The Hall–Kier alpha value is -0.810. The zero-order chi connectivity index (χ0) is 10.6. The molecule has 4 nitrogen and oxygen atoms in total. The second-order valence-corrected chi connectivity index (χ2v) is 3.44. The number of rotatable bonds is 3. The lowest BCUT2D eigenvalue weighted by atomic mass is 10.4. The van der Waals surface area contributed by atoms with Gasteiger partial charge < -0.3 is 4.74 Å². The molecule has 76 valence electrons. The van der Waals surface area contributed by atoms with Crippen LogP contribution in [0.5, 0.6) is 0 Å². The number of ether oxygens (including phenoxy) is 1. The van der Waals surface area contributed by atoms with Gasteiger partial charge in [0.1, 0.15) is 5.15 Å². The third-order valence-corrected chi connectivity index (χ3v) is 2.08. The predicted octanol–water partition coefficient (Wildman–Crippen LogP) is 2.03. The summed E-state index contributed by atoms with van der Waals surface area (Å²) in [5.74, 6) is -0.480. The Balaban J connectivity index is 2.96. The maximum absolute atomic E-state index is 11.3. The molecule has 0 amide bonds. The number of hydrogen-bond acceptors (Lipinski definition) is 5. The molecule has 0 aliphatic rings. The Bertz CT molecular complexity index is 346. The van der Waals surface area contributed by atoms with E-state index in [0.29, 0.717) is 11.8 Å². The normalized spacial score (nSPS) is 9.93. The minimum absolute atomic E-state index is 0.191. The number of aromatic nitrogens is 2. The molecule has 0 saturated heterocycles. The van der Waals surface area contributed by atoms with Gasteiger partial charge in [-0.05, 0) is 13.2 Å². The molecule has 1 heterocycles. The molecular weight excluding hydrogens is 224 g/mol. The molecule has 0 bridgehead atoms. The summed E-state index contributed by atoms with van der Waals surface area (Å²) in [6.45, 7) is 2.05. The van der Waals surface area contributed by atoms with Crippen molar-refractivity contribution in [2.75, 3.05) is 12.9 Å². The number of esters is 1. The van der Waals surface area contributed by atoms with E-state index in [0.717, 1.165) is 0 Å². The summed E-state index contributed by atoms with van der Waals surface area (Å²) in [5.41, 5.74) is 0.191. The Morgan fingerprint density at radius 3 is 2.93 bits per heavy atom. The SMILES string of the molecule is CCOC(=O)c1cc(Cl)nc(SC)n1. The van der Waals surface area contributed by atoms with Gasteiger partial charge in [-0.1, -0.05) is 23.4 Å². The second-order valence-electron chi connectivity index (χ2n) is 2.28. The molecule has 14 heavy (non-hydrogen) atoms. The summed E-state index contributed by atoms with van der Waals surface area (Å²) >= 11 is 7.02. The van der Waals surface area contributed by atoms with E-state index < -0.39 is 5.97 Å². The van der Waals surface area contributed by atoms with Crippen LogP contribution in [0.25, 0.3) is 0 Å². The number of carbonyl (C=O) groups excluding carboxylic acids is 1. The summed E-state index contributed by atoms with van der Waals surface area (Å²) in [7, 11) is 0. The third kappa shape index (κ3) is 2.85. The van der Waals surface area contributed by atoms with Crippen molar-refractivity contribution in [1.29, 1.82) is 0 Å². The minimum atomic E-state index is -0.480. The van der Waals surface area contributed by atoms with Crippen molar-refractivity contribution in [2.24, 2.45) is 0 Å². The van der Waals surface area contributed by atoms with Crippen molar-refractivity contribution in [3.63, 3.8) is 0 Å². The van der Waals surface area contributed by atoms with Crippen LogP contribution in [0.4, 0.5) is 0 Å². The van der Waals surface area contributed by atoms with Gasteiger partial charge in [-0.2, -0.15) is 0 Å². The quantitative estimate of drug-likeness (QED) is 0.345. The van der Waals surface area contributed by atoms with Crippen molar-refractivity contribution in [2.45, 2.75) is 12.1 Å². The second kappa shape index (κ2) is 5.17. The van der Waals surface area contributed by atoms with Gasteiger partial charge in [0.15, 0.2) is 10.9 Å². The van der Waals surface area contributed by atoms with E-state index >= 15 is 0 Å². The largest absolute Gasteiger partial charge is 0.461 e. The number of thioether (sulfide) groups is 1. The number of carbonyl (C=O) groups is 1. The van der Waals surface area contributed by atoms with Gasteiger partial charge in [0.2, 0.25) is 0 Å². The zero-order valence-corrected chi connectivity index (χ0v) is 9.35. The van der Waals surface area contributed by atoms with Crippen LogP contribution in [0.15, 0.2) is 11.2 Å². The third-order valence-electron chi connectivity index (χ3n) is 1.34. The molecule has 0 spiro atoms. The topological polar surface area (TPSA) is 52.1 Å². The first kappa shape index (κ1) is 11.3. The standard InChI is InChI=1S/C8H9ClN2O2S/c1-3-13-7(12)5-4-6(9)11-8(10-5)14-2/h4H,3H2,1-2H3. The van der Waals surface area contributed by atoms with Gasteiger partial charge in [0.05, 0.1) is 6.61 Å². The van der Waals surface area contributed by atoms with Crippen LogP contribution < -0.4 is 0 Å². The molecule has 1 rings (SSSR count). The average molecular weight is 233 g/mol. The highest BCUT2D eigenvalue weighted by Crippen LogP contribution is 2.14. The highest BCUT2D eigenvalue weighted by Gasteiger charge is 2.11.